The number of rotatable bonds is 7. The van der Waals surface area contributed by atoms with E-state index in [1.165, 1.54) is 5.56 Å². The van der Waals surface area contributed by atoms with Gasteiger partial charge in [-0.05, 0) is 31.5 Å². The molecule has 0 spiro atoms. The lowest BCUT2D eigenvalue weighted by molar-refractivity contribution is 0.0161. The third-order valence-corrected chi connectivity index (χ3v) is 4.81. The van der Waals surface area contributed by atoms with E-state index in [1.54, 1.807) is 7.11 Å². The predicted octanol–water partition coefficient (Wildman–Crippen LogP) is 2.46. The highest BCUT2D eigenvalue weighted by Crippen LogP contribution is 2.24. The number of hydrogen-bond acceptors (Lipinski definition) is 6. The topological polar surface area (TPSA) is 59.8 Å². The summed E-state index contributed by atoms with van der Waals surface area (Å²) < 4.78 is 16.0. The molecule has 1 unspecified atom stereocenters. The maximum Gasteiger partial charge on any atom is 0.138 e. The van der Waals surface area contributed by atoms with Crippen LogP contribution in [-0.4, -0.2) is 50.0 Å². The smallest absolute Gasteiger partial charge is 0.138 e. The van der Waals surface area contributed by atoms with Gasteiger partial charge in [-0.2, -0.15) is 0 Å². The molecule has 1 saturated heterocycles. The molecule has 0 saturated carbocycles. The van der Waals surface area contributed by atoms with E-state index >= 15 is 0 Å². The minimum atomic E-state index is 0.301. The van der Waals surface area contributed by atoms with Crippen molar-refractivity contribution < 1.29 is 14.0 Å². The van der Waals surface area contributed by atoms with Crippen LogP contribution in [0.3, 0.4) is 0 Å². The summed E-state index contributed by atoms with van der Waals surface area (Å²) in [5.74, 6) is 1.77. The predicted molar refractivity (Wildman–Crippen MR) is 95.8 cm³/mol. The van der Waals surface area contributed by atoms with Crippen LogP contribution in [-0.2, 0) is 11.3 Å². The number of nitrogens with zero attached hydrogens (tertiary/aromatic N) is 2. The standard InChI is InChI=1S/C19H27N3O3/c1-14-18(15(2)25-21-14)12-20-13-19(22-8-10-24-11-9-22)16-4-6-17(23-3)7-5-16/h4-7,19-20H,8-13H2,1-3H3. The van der Waals surface area contributed by atoms with Crippen molar-refractivity contribution in [2.24, 2.45) is 0 Å². The molecule has 6 nitrogen and oxygen atoms in total. The number of ether oxygens (including phenoxy) is 2. The van der Waals surface area contributed by atoms with Crippen LogP contribution in [0.5, 0.6) is 5.75 Å². The van der Waals surface area contributed by atoms with Gasteiger partial charge < -0.3 is 19.3 Å². The van der Waals surface area contributed by atoms with E-state index in [0.29, 0.717) is 6.04 Å². The van der Waals surface area contributed by atoms with E-state index in [-0.39, 0.29) is 0 Å². The lowest BCUT2D eigenvalue weighted by Crippen LogP contribution is -2.42. The Balaban J connectivity index is 1.69. The van der Waals surface area contributed by atoms with Crippen molar-refractivity contribution in [3.63, 3.8) is 0 Å². The van der Waals surface area contributed by atoms with Crippen LogP contribution in [0.15, 0.2) is 28.8 Å². The van der Waals surface area contributed by atoms with Gasteiger partial charge in [0.05, 0.1) is 26.0 Å². The van der Waals surface area contributed by atoms with E-state index < -0.39 is 0 Å². The molecule has 1 fully saturated rings. The second-order valence-corrected chi connectivity index (χ2v) is 6.37. The van der Waals surface area contributed by atoms with Gasteiger partial charge in [-0.15, -0.1) is 0 Å². The van der Waals surface area contributed by atoms with Crippen molar-refractivity contribution in [1.82, 2.24) is 15.4 Å². The molecule has 3 rings (SSSR count). The van der Waals surface area contributed by atoms with Crippen LogP contribution in [0.2, 0.25) is 0 Å². The van der Waals surface area contributed by atoms with Gasteiger partial charge in [-0.3, -0.25) is 4.90 Å². The SMILES string of the molecule is COc1ccc(C(CNCc2c(C)noc2C)N2CCOCC2)cc1. The number of nitrogens with one attached hydrogen (secondary N) is 1. The molecule has 2 heterocycles. The number of hydrogen-bond donors (Lipinski definition) is 1. The first-order valence-corrected chi connectivity index (χ1v) is 8.77. The van der Waals surface area contributed by atoms with Crippen LogP contribution in [0, 0.1) is 13.8 Å². The fourth-order valence-electron chi connectivity index (χ4n) is 3.26. The zero-order valence-electron chi connectivity index (χ0n) is 15.2. The molecule has 1 aromatic heterocycles. The average Bonchev–Trinajstić information content (AvgIpc) is 2.98. The minimum absolute atomic E-state index is 0.301. The van der Waals surface area contributed by atoms with Crippen molar-refractivity contribution in [1.29, 1.82) is 0 Å². The summed E-state index contributed by atoms with van der Waals surface area (Å²) in [6.07, 6.45) is 0. The van der Waals surface area contributed by atoms with E-state index in [4.69, 9.17) is 14.0 Å². The second-order valence-electron chi connectivity index (χ2n) is 6.37. The summed E-state index contributed by atoms with van der Waals surface area (Å²) in [5, 5.41) is 7.61. The Labute approximate surface area is 149 Å². The molecule has 0 amide bonds. The molecule has 136 valence electrons. The maximum absolute atomic E-state index is 5.51. The molecule has 2 aromatic rings. The van der Waals surface area contributed by atoms with Crippen molar-refractivity contribution >= 4 is 0 Å². The fourth-order valence-corrected chi connectivity index (χ4v) is 3.26. The fraction of sp³-hybridized carbons (Fsp3) is 0.526. The zero-order chi connectivity index (χ0) is 17.6. The summed E-state index contributed by atoms with van der Waals surface area (Å²) in [6.45, 7) is 9.03. The summed E-state index contributed by atoms with van der Waals surface area (Å²) in [6, 6.07) is 8.65. The highest BCUT2D eigenvalue weighted by atomic mass is 16.5. The highest BCUT2D eigenvalue weighted by Gasteiger charge is 2.22. The zero-order valence-corrected chi connectivity index (χ0v) is 15.2. The number of methoxy groups -OCH3 is 1. The third-order valence-electron chi connectivity index (χ3n) is 4.81. The first kappa shape index (κ1) is 17.9. The Bertz CT molecular complexity index is 644. The minimum Gasteiger partial charge on any atom is -0.497 e. The molecule has 1 aromatic carbocycles. The molecule has 0 radical (unpaired) electrons. The molecule has 1 aliphatic rings. The third kappa shape index (κ3) is 4.39. The molecule has 1 N–H and O–H groups in total. The maximum atomic E-state index is 5.51. The van der Waals surface area contributed by atoms with Crippen molar-refractivity contribution in [2.75, 3.05) is 40.0 Å². The molecule has 0 aliphatic carbocycles. The number of aromatic nitrogens is 1. The molecule has 6 heteroatoms. The Morgan fingerprint density at radius 2 is 1.92 bits per heavy atom. The first-order chi connectivity index (χ1) is 12.2. The van der Waals surface area contributed by atoms with Gasteiger partial charge in [0.1, 0.15) is 11.5 Å². The first-order valence-electron chi connectivity index (χ1n) is 8.77. The van der Waals surface area contributed by atoms with Crippen molar-refractivity contribution in [2.45, 2.75) is 26.4 Å². The van der Waals surface area contributed by atoms with E-state index in [1.807, 2.05) is 26.0 Å². The van der Waals surface area contributed by atoms with Gasteiger partial charge in [-0.25, -0.2) is 0 Å². The Morgan fingerprint density at radius 3 is 2.52 bits per heavy atom. The van der Waals surface area contributed by atoms with Crippen LogP contribution in [0.1, 0.15) is 28.6 Å². The van der Waals surface area contributed by atoms with Crippen molar-refractivity contribution in [3.05, 3.63) is 46.8 Å². The van der Waals surface area contributed by atoms with Gasteiger partial charge in [0.15, 0.2) is 0 Å². The van der Waals surface area contributed by atoms with Crippen molar-refractivity contribution in [3.8, 4) is 5.75 Å². The van der Waals surface area contributed by atoms with Gasteiger partial charge in [0, 0.05) is 37.8 Å². The lowest BCUT2D eigenvalue weighted by Gasteiger charge is -2.35. The van der Waals surface area contributed by atoms with Gasteiger partial charge >= 0.3 is 0 Å². The average molecular weight is 345 g/mol. The van der Waals surface area contributed by atoms with E-state index in [2.05, 4.69) is 27.5 Å². The van der Waals surface area contributed by atoms with Crippen LogP contribution in [0.25, 0.3) is 0 Å². The molecule has 0 bridgehead atoms. The summed E-state index contributed by atoms with van der Waals surface area (Å²) in [5.41, 5.74) is 3.39. The monoisotopic (exact) mass is 345 g/mol. The molecular weight excluding hydrogens is 318 g/mol. The Hall–Kier alpha value is -1.89. The number of morpholine rings is 1. The molecule has 25 heavy (non-hydrogen) atoms. The molecular formula is C19H27N3O3. The quantitative estimate of drug-likeness (QED) is 0.832. The number of benzene rings is 1. The van der Waals surface area contributed by atoms with Crippen LogP contribution < -0.4 is 10.1 Å². The van der Waals surface area contributed by atoms with Crippen LogP contribution >= 0.6 is 0 Å². The highest BCUT2D eigenvalue weighted by molar-refractivity contribution is 5.29. The van der Waals surface area contributed by atoms with Crippen LogP contribution in [0.4, 0.5) is 0 Å². The molecule has 1 atom stereocenters. The van der Waals surface area contributed by atoms with Gasteiger partial charge in [0.25, 0.3) is 0 Å². The largest absolute Gasteiger partial charge is 0.497 e. The molecule has 1 aliphatic heterocycles. The summed E-state index contributed by atoms with van der Waals surface area (Å²) >= 11 is 0. The lowest BCUT2D eigenvalue weighted by atomic mass is 10.0. The van der Waals surface area contributed by atoms with Gasteiger partial charge in [0.2, 0.25) is 0 Å². The normalized spacial score (nSPS) is 16.8. The van der Waals surface area contributed by atoms with E-state index in [9.17, 15) is 0 Å². The number of aryl methyl sites for hydroxylation is 2. The Morgan fingerprint density at radius 1 is 1.20 bits per heavy atom. The second kappa shape index (κ2) is 8.47. The van der Waals surface area contributed by atoms with Gasteiger partial charge in [-0.1, -0.05) is 17.3 Å². The van der Waals surface area contributed by atoms with E-state index in [0.717, 1.165) is 62.2 Å². The summed E-state index contributed by atoms with van der Waals surface area (Å²) in [7, 11) is 1.69. The Kier molecular flexibility index (Phi) is 6.07. The summed E-state index contributed by atoms with van der Waals surface area (Å²) in [4.78, 5) is 2.48.